The van der Waals surface area contributed by atoms with E-state index in [0.29, 0.717) is 0 Å². The molecule has 1 amide bonds. The number of likely N-dealkylation sites (tertiary alicyclic amines) is 1. The van der Waals surface area contributed by atoms with Gasteiger partial charge in [-0.25, -0.2) is 8.78 Å². The Kier molecular flexibility index (Phi) is 5.74. The van der Waals surface area contributed by atoms with Crippen molar-refractivity contribution in [3.63, 3.8) is 0 Å². The molecule has 1 N–H and O–H groups in total. The summed E-state index contributed by atoms with van der Waals surface area (Å²) in [6.07, 6.45) is 1.27. The van der Waals surface area contributed by atoms with Crippen LogP contribution in [0.2, 0.25) is 5.02 Å². The number of carbonyl (C=O) groups excluding carboxylic acids is 1. The number of halogens is 3. The highest BCUT2D eigenvalue weighted by atomic mass is 35.5. The Bertz CT molecular complexity index is 808. The summed E-state index contributed by atoms with van der Waals surface area (Å²) in [7, 11) is 2.00. The molecule has 1 saturated heterocycles. The van der Waals surface area contributed by atoms with Crippen molar-refractivity contribution in [3.8, 4) is 5.75 Å². The first-order chi connectivity index (χ1) is 12.4. The van der Waals surface area contributed by atoms with Gasteiger partial charge in [0, 0.05) is 25.2 Å². The van der Waals surface area contributed by atoms with Crippen molar-refractivity contribution in [1.29, 1.82) is 0 Å². The Labute approximate surface area is 155 Å². The number of hydrogen-bond acceptors (Lipinski definition) is 3. The molecule has 0 radical (unpaired) electrons. The zero-order valence-electron chi connectivity index (χ0n) is 14.3. The van der Waals surface area contributed by atoms with E-state index in [9.17, 15) is 13.6 Å². The van der Waals surface area contributed by atoms with Gasteiger partial charge in [0.25, 0.3) is 5.91 Å². The average molecular weight is 381 g/mol. The van der Waals surface area contributed by atoms with E-state index in [0.717, 1.165) is 38.1 Å². The first-order valence-electron chi connectivity index (χ1n) is 8.34. The maximum atomic E-state index is 14.7. The molecule has 0 atom stereocenters. The van der Waals surface area contributed by atoms with Gasteiger partial charge in [-0.05, 0) is 32.0 Å². The van der Waals surface area contributed by atoms with Crippen LogP contribution in [0.25, 0.3) is 0 Å². The van der Waals surface area contributed by atoms with Gasteiger partial charge in [0.2, 0.25) is 0 Å². The molecule has 0 saturated carbocycles. The number of piperidine rings is 1. The number of benzene rings is 2. The molecule has 3 rings (SSSR count). The summed E-state index contributed by atoms with van der Waals surface area (Å²) < 4.78 is 34.3. The number of amides is 1. The predicted molar refractivity (Wildman–Crippen MR) is 96.9 cm³/mol. The number of ether oxygens (including phenoxy) is 1. The molecule has 7 heteroatoms. The van der Waals surface area contributed by atoms with Crippen molar-refractivity contribution in [3.05, 3.63) is 58.6 Å². The zero-order valence-corrected chi connectivity index (χ0v) is 15.0. The fourth-order valence-corrected chi connectivity index (χ4v) is 3.08. The summed E-state index contributed by atoms with van der Waals surface area (Å²) in [6.45, 7) is 1.66. The molecule has 1 aliphatic rings. The fourth-order valence-electron chi connectivity index (χ4n) is 2.86. The molecule has 0 aliphatic carbocycles. The maximum absolute atomic E-state index is 14.7. The first-order valence-corrected chi connectivity index (χ1v) is 8.72. The number of nitrogens with zero attached hydrogens (tertiary/aromatic N) is 1. The first kappa shape index (κ1) is 18.6. The monoisotopic (exact) mass is 380 g/mol. The topological polar surface area (TPSA) is 41.6 Å². The molecule has 26 heavy (non-hydrogen) atoms. The number of nitrogens with one attached hydrogen (secondary N) is 1. The highest BCUT2D eigenvalue weighted by Crippen LogP contribution is 2.29. The lowest BCUT2D eigenvalue weighted by Gasteiger charge is -2.29. The second kappa shape index (κ2) is 8.01. The quantitative estimate of drug-likeness (QED) is 0.857. The minimum absolute atomic E-state index is 0.176. The molecule has 0 aromatic heterocycles. The van der Waals surface area contributed by atoms with Crippen LogP contribution in [-0.4, -0.2) is 37.0 Å². The van der Waals surface area contributed by atoms with Gasteiger partial charge in [-0.2, -0.15) is 0 Å². The largest absolute Gasteiger partial charge is 0.487 e. The zero-order chi connectivity index (χ0) is 18.7. The Hall–Kier alpha value is -2.18. The van der Waals surface area contributed by atoms with Crippen molar-refractivity contribution in [1.82, 2.24) is 4.90 Å². The number of anilines is 1. The van der Waals surface area contributed by atoms with E-state index in [-0.39, 0.29) is 28.1 Å². The van der Waals surface area contributed by atoms with Crippen LogP contribution in [-0.2, 0) is 0 Å². The standard InChI is InChI=1S/C19H19ClF2N2O2/c1-24-8-6-13(7-9-24)26-17-11-12(21)10-16(18(17)22)23-19(25)14-4-2-3-5-15(14)20/h2-5,10-11,13H,6-9H2,1H3,(H,23,25). The highest BCUT2D eigenvalue weighted by Gasteiger charge is 2.22. The molecular formula is C19H19ClF2N2O2. The number of hydrogen-bond donors (Lipinski definition) is 1. The molecule has 4 nitrogen and oxygen atoms in total. The van der Waals surface area contributed by atoms with Crippen LogP contribution >= 0.6 is 11.6 Å². The van der Waals surface area contributed by atoms with Gasteiger partial charge in [0.05, 0.1) is 16.3 Å². The van der Waals surface area contributed by atoms with Crippen molar-refractivity contribution in [2.45, 2.75) is 18.9 Å². The van der Waals surface area contributed by atoms with Crippen LogP contribution in [0, 0.1) is 11.6 Å². The molecule has 0 bridgehead atoms. The van der Waals surface area contributed by atoms with E-state index >= 15 is 0 Å². The van der Waals surface area contributed by atoms with Crippen molar-refractivity contribution >= 4 is 23.2 Å². The highest BCUT2D eigenvalue weighted by molar-refractivity contribution is 6.34. The van der Waals surface area contributed by atoms with E-state index in [1.165, 1.54) is 6.07 Å². The normalized spacial score (nSPS) is 15.7. The Morgan fingerprint density at radius 2 is 1.92 bits per heavy atom. The Morgan fingerprint density at radius 3 is 2.62 bits per heavy atom. The Morgan fingerprint density at radius 1 is 1.23 bits per heavy atom. The van der Waals surface area contributed by atoms with Crippen LogP contribution in [0.1, 0.15) is 23.2 Å². The van der Waals surface area contributed by atoms with Crippen molar-refractivity contribution < 1.29 is 18.3 Å². The van der Waals surface area contributed by atoms with Crippen LogP contribution < -0.4 is 10.1 Å². The third-order valence-electron chi connectivity index (χ3n) is 4.33. The summed E-state index contributed by atoms with van der Waals surface area (Å²) >= 11 is 5.97. The third kappa shape index (κ3) is 4.31. The van der Waals surface area contributed by atoms with Crippen LogP contribution in [0.15, 0.2) is 36.4 Å². The lowest BCUT2D eigenvalue weighted by molar-refractivity contribution is 0.102. The van der Waals surface area contributed by atoms with Gasteiger partial charge < -0.3 is 15.0 Å². The van der Waals surface area contributed by atoms with Gasteiger partial charge in [-0.3, -0.25) is 4.79 Å². The molecule has 1 aliphatic heterocycles. The minimum Gasteiger partial charge on any atom is -0.487 e. The summed E-state index contributed by atoms with van der Waals surface area (Å²) in [5.74, 6) is -2.31. The molecule has 2 aromatic carbocycles. The molecular weight excluding hydrogens is 362 g/mol. The molecule has 0 spiro atoms. The van der Waals surface area contributed by atoms with Gasteiger partial charge in [0.15, 0.2) is 11.6 Å². The summed E-state index contributed by atoms with van der Waals surface area (Å²) in [6, 6.07) is 8.29. The maximum Gasteiger partial charge on any atom is 0.257 e. The fraction of sp³-hybridized carbons (Fsp3) is 0.316. The van der Waals surface area contributed by atoms with E-state index in [1.54, 1.807) is 18.2 Å². The SMILES string of the molecule is CN1CCC(Oc2cc(F)cc(NC(=O)c3ccccc3Cl)c2F)CC1. The molecule has 1 fully saturated rings. The van der Waals surface area contributed by atoms with Gasteiger partial charge >= 0.3 is 0 Å². The Balaban J connectivity index is 1.79. The van der Waals surface area contributed by atoms with E-state index < -0.39 is 17.5 Å². The summed E-state index contributed by atoms with van der Waals surface area (Å²) in [4.78, 5) is 14.5. The van der Waals surface area contributed by atoms with E-state index in [1.807, 2.05) is 7.05 Å². The molecule has 0 unspecified atom stereocenters. The van der Waals surface area contributed by atoms with Crippen LogP contribution in [0.3, 0.4) is 0 Å². The number of carbonyl (C=O) groups is 1. The third-order valence-corrected chi connectivity index (χ3v) is 4.66. The molecule has 2 aromatic rings. The van der Waals surface area contributed by atoms with E-state index in [4.69, 9.17) is 16.3 Å². The lowest BCUT2D eigenvalue weighted by Crippen LogP contribution is -2.35. The van der Waals surface area contributed by atoms with Crippen molar-refractivity contribution in [2.24, 2.45) is 0 Å². The molecule has 1 heterocycles. The second-order valence-electron chi connectivity index (χ2n) is 6.32. The second-order valence-corrected chi connectivity index (χ2v) is 6.73. The average Bonchev–Trinajstić information content (AvgIpc) is 2.61. The van der Waals surface area contributed by atoms with Crippen LogP contribution in [0.5, 0.6) is 5.75 Å². The van der Waals surface area contributed by atoms with Crippen molar-refractivity contribution in [2.75, 3.05) is 25.5 Å². The predicted octanol–water partition coefficient (Wildman–Crippen LogP) is 4.34. The van der Waals surface area contributed by atoms with E-state index in [2.05, 4.69) is 10.2 Å². The summed E-state index contributed by atoms with van der Waals surface area (Å²) in [5, 5.41) is 2.59. The van der Waals surface area contributed by atoms with Crippen LogP contribution in [0.4, 0.5) is 14.5 Å². The van der Waals surface area contributed by atoms with Gasteiger partial charge in [0.1, 0.15) is 11.9 Å². The van der Waals surface area contributed by atoms with Gasteiger partial charge in [-0.1, -0.05) is 23.7 Å². The minimum atomic E-state index is -0.800. The summed E-state index contributed by atoms with van der Waals surface area (Å²) in [5.41, 5.74) is -0.103. The van der Waals surface area contributed by atoms with Gasteiger partial charge in [-0.15, -0.1) is 0 Å². The molecule has 138 valence electrons. The lowest BCUT2D eigenvalue weighted by atomic mass is 10.1. The number of rotatable bonds is 4. The smallest absolute Gasteiger partial charge is 0.257 e.